The first-order valence-corrected chi connectivity index (χ1v) is 5.10. The van der Waals surface area contributed by atoms with Gasteiger partial charge < -0.3 is 9.90 Å². The molecule has 80 valence electrons. The molecule has 2 aromatic rings. The van der Waals surface area contributed by atoms with Crippen molar-refractivity contribution in [3.05, 3.63) is 60.2 Å². The molecule has 0 atom stereocenters. The summed E-state index contributed by atoms with van der Waals surface area (Å²) in [6, 6.07) is 17.2. The predicted octanol–water partition coefficient (Wildman–Crippen LogP) is -1.35. The Morgan fingerprint density at radius 3 is 2.18 bits per heavy atom. The van der Waals surface area contributed by atoms with E-state index in [2.05, 4.69) is 0 Å². The molecule has 3 heteroatoms. The molecule has 0 unspecified atom stereocenters. The summed E-state index contributed by atoms with van der Waals surface area (Å²) in [6.07, 6.45) is -0.0505. The Kier molecular flexibility index (Phi) is 5.42. The molecule has 0 heterocycles. The quantitative estimate of drug-likeness (QED) is 0.616. The van der Waals surface area contributed by atoms with Crippen molar-refractivity contribution in [3.8, 4) is 11.1 Å². The fraction of sp³-hybridized carbons (Fsp3) is 0.0714. The fourth-order valence-corrected chi connectivity index (χ4v) is 1.73. The first kappa shape index (κ1) is 14.0. The van der Waals surface area contributed by atoms with Gasteiger partial charge in [0.15, 0.2) is 0 Å². The van der Waals surface area contributed by atoms with E-state index in [4.69, 9.17) is 0 Å². The van der Waals surface area contributed by atoms with Gasteiger partial charge in [-0.25, -0.2) is 0 Å². The zero-order valence-electron chi connectivity index (χ0n) is 9.72. The smallest absolute Gasteiger partial charge is 0.550 e. The van der Waals surface area contributed by atoms with E-state index in [1.807, 2.05) is 54.6 Å². The molecule has 0 aliphatic heterocycles. The summed E-state index contributed by atoms with van der Waals surface area (Å²) in [5.74, 6) is -1.05. The molecular formula is C14H11NaO2. The van der Waals surface area contributed by atoms with Gasteiger partial charge in [0, 0.05) is 12.4 Å². The summed E-state index contributed by atoms with van der Waals surface area (Å²) in [7, 11) is 0. The number of carboxylic acids is 1. The molecule has 0 aliphatic rings. The Hall–Kier alpha value is -1.09. The van der Waals surface area contributed by atoms with Gasteiger partial charge in [-0.15, -0.1) is 0 Å². The van der Waals surface area contributed by atoms with Crippen LogP contribution in [0.25, 0.3) is 11.1 Å². The van der Waals surface area contributed by atoms with Gasteiger partial charge in [0.25, 0.3) is 0 Å². The van der Waals surface area contributed by atoms with E-state index in [0.29, 0.717) is 0 Å². The molecule has 0 saturated carbocycles. The Morgan fingerprint density at radius 2 is 1.53 bits per heavy atom. The van der Waals surface area contributed by atoms with Gasteiger partial charge in [-0.3, -0.25) is 0 Å². The van der Waals surface area contributed by atoms with Gasteiger partial charge in [-0.2, -0.15) is 0 Å². The summed E-state index contributed by atoms with van der Waals surface area (Å²) >= 11 is 0. The first-order chi connectivity index (χ1) is 7.77. The third-order valence-corrected chi connectivity index (χ3v) is 2.44. The summed E-state index contributed by atoms with van der Waals surface area (Å²) in [6.45, 7) is 0. The van der Waals surface area contributed by atoms with Crippen molar-refractivity contribution in [1.82, 2.24) is 0 Å². The van der Waals surface area contributed by atoms with Crippen molar-refractivity contribution < 1.29 is 39.5 Å². The maximum absolute atomic E-state index is 10.6. The van der Waals surface area contributed by atoms with Gasteiger partial charge >= 0.3 is 29.6 Å². The molecule has 2 aromatic carbocycles. The van der Waals surface area contributed by atoms with Gasteiger partial charge in [0.2, 0.25) is 0 Å². The van der Waals surface area contributed by atoms with E-state index in [1.165, 1.54) is 0 Å². The Morgan fingerprint density at radius 1 is 0.941 bits per heavy atom. The molecule has 2 nitrogen and oxygen atoms in total. The van der Waals surface area contributed by atoms with E-state index in [9.17, 15) is 9.90 Å². The van der Waals surface area contributed by atoms with Crippen molar-refractivity contribution in [2.45, 2.75) is 6.42 Å². The Bertz CT molecular complexity index is 495. The van der Waals surface area contributed by atoms with Crippen LogP contribution < -0.4 is 34.7 Å². The van der Waals surface area contributed by atoms with E-state index in [1.54, 1.807) is 0 Å². The number of hydrogen-bond donors (Lipinski definition) is 0. The van der Waals surface area contributed by atoms with Crippen LogP contribution in [0.4, 0.5) is 0 Å². The van der Waals surface area contributed by atoms with Gasteiger partial charge in [-0.1, -0.05) is 54.6 Å². The zero-order chi connectivity index (χ0) is 11.4. The number of rotatable bonds is 3. The molecule has 0 N–H and O–H groups in total. The molecule has 0 saturated heterocycles. The number of hydrogen-bond acceptors (Lipinski definition) is 2. The topological polar surface area (TPSA) is 40.1 Å². The molecule has 0 amide bonds. The summed E-state index contributed by atoms with van der Waals surface area (Å²) in [5.41, 5.74) is 2.76. The standard InChI is InChI=1S/C14H12O2.Na/c15-14(16)10-12-8-4-5-9-13(12)11-6-2-1-3-7-11;/h1-9H,10H2,(H,15,16);/q;+1/p-1. The van der Waals surface area contributed by atoms with Crippen LogP contribution in [-0.4, -0.2) is 5.97 Å². The molecule has 0 aromatic heterocycles. The van der Waals surface area contributed by atoms with Crippen LogP contribution in [0.1, 0.15) is 5.56 Å². The van der Waals surface area contributed by atoms with E-state index >= 15 is 0 Å². The van der Waals surface area contributed by atoms with E-state index < -0.39 is 5.97 Å². The van der Waals surface area contributed by atoms with Gasteiger partial charge in [0.1, 0.15) is 0 Å². The molecule has 0 radical (unpaired) electrons. The molecule has 0 aliphatic carbocycles. The number of carbonyl (C=O) groups excluding carboxylic acids is 1. The second-order valence-electron chi connectivity index (χ2n) is 3.57. The normalized spacial score (nSPS) is 9.41. The van der Waals surface area contributed by atoms with Crippen LogP contribution in [0.15, 0.2) is 54.6 Å². The molecule has 17 heavy (non-hydrogen) atoms. The summed E-state index contributed by atoms with van der Waals surface area (Å²) in [5, 5.41) is 10.6. The van der Waals surface area contributed by atoms with Crippen molar-refractivity contribution in [2.24, 2.45) is 0 Å². The SMILES string of the molecule is O=C([O-])Cc1ccccc1-c1ccccc1.[Na+]. The molecule has 2 rings (SSSR count). The average molecular weight is 234 g/mol. The average Bonchev–Trinajstić information content (AvgIpc) is 2.30. The number of carbonyl (C=O) groups is 1. The van der Waals surface area contributed by atoms with Crippen molar-refractivity contribution >= 4 is 5.97 Å². The fourth-order valence-electron chi connectivity index (χ4n) is 1.73. The maximum Gasteiger partial charge on any atom is 1.00 e. The summed E-state index contributed by atoms with van der Waals surface area (Å²) < 4.78 is 0. The third-order valence-electron chi connectivity index (χ3n) is 2.44. The van der Waals surface area contributed by atoms with Crippen LogP contribution in [0.3, 0.4) is 0 Å². The van der Waals surface area contributed by atoms with Gasteiger partial charge in [0.05, 0.1) is 0 Å². The monoisotopic (exact) mass is 234 g/mol. The largest absolute Gasteiger partial charge is 1.00 e. The Balaban J connectivity index is 0.00000144. The Labute approximate surface area is 123 Å². The van der Waals surface area contributed by atoms with Crippen LogP contribution >= 0.6 is 0 Å². The zero-order valence-corrected chi connectivity index (χ0v) is 11.7. The number of carboxylic acid groups (broad SMARTS) is 1. The third kappa shape index (κ3) is 3.70. The minimum absolute atomic E-state index is 0. The molecular weight excluding hydrogens is 223 g/mol. The van der Waals surface area contributed by atoms with Crippen LogP contribution in [0, 0.1) is 0 Å². The first-order valence-electron chi connectivity index (χ1n) is 5.10. The van der Waals surface area contributed by atoms with Crippen LogP contribution in [-0.2, 0) is 11.2 Å². The number of benzene rings is 2. The predicted molar refractivity (Wildman–Crippen MR) is 60.6 cm³/mol. The summed E-state index contributed by atoms with van der Waals surface area (Å²) in [4.78, 5) is 10.6. The minimum Gasteiger partial charge on any atom is -0.550 e. The minimum atomic E-state index is -1.05. The number of aliphatic carboxylic acids is 1. The van der Waals surface area contributed by atoms with Crippen molar-refractivity contribution in [1.29, 1.82) is 0 Å². The van der Waals surface area contributed by atoms with Crippen molar-refractivity contribution in [3.63, 3.8) is 0 Å². The van der Waals surface area contributed by atoms with Crippen LogP contribution in [0.5, 0.6) is 0 Å². The second kappa shape index (κ2) is 6.60. The van der Waals surface area contributed by atoms with Crippen LogP contribution in [0.2, 0.25) is 0 Å². The second-order valence-corrected chi connectivity index (χ2v) is 3.57. The molecule has 0 bridgehead atoms. The van der Waals surface area contributed by atoms with E-state index in [-0.39, 0.29) is 36.0 Å². The van der Waals surface area contributed by atoms with Gasteiger partial charge in [-0.05, 0) is 16.7 Å². The maximum atomic E-state index is 10.6. The molecule has 0 fully saturated rings. The molecule has 0 spiro atoms. The van der Waals surface area contributed by atoms with Crippen molar-refractivity contribution in [2.75, 3.05) is 0 Å². The van der Waals surface area contributed by atoms with E-state index in [0.717, 1.165) is 16.7 Å².